The molecule has 0 amide bonds. The van der Waals surface area contributed by atoms with E-state index in [0.29, 0.717) is 6.42 Å². The number of rotatable bonds is 2. The Morgan fingerprint density at radius 3 is 2.85 bits per heavy atom. The van der Waals surface area contributed by atoms with Crippen molar-refractivity contribution in [3.63, 3.8) is 0 Å². The average molecular weight is 182 g/mol. The summed E-state index contributed by atoms with van der Waals surface area (Å²) in [5.41, 5.74) is 0. The van der Waals surface area contributed by atoms with E-state index in [2.05, 4.69) is 11.8 Å². The molecule has 1 rings (SSSR count). The molecule has 1 aliphatic carbocycles. The van der Waals surface area contributed by atoms with Gasteiger partial charge in [-0.05, 0) is 12.8 Å². The molecule has 0 unspecified atom stereocenters. The summed E-state index contributed by atoms with van der Waals surface area (Å²) in [6.07, 6.45) is 3.33. The topological polar surface area (TPSA) is 57.5 Å². The molecule has 72 valence electrons. The lowest BCUT2D eigenvalue weighted by Gasteiger charge is -2.15. The molecule has 13 heavy (non-hydrogen) atoms. The predicted octanol–water partition coefficient (Wildman–Crippen LogP) is 1.02. The van der Waals surface area contributed by atoms with Gasteiger partial charge in [-0.15, -0.1) is 5.92 Å². The van der Waals surface area contributed by atoms with Crippen LogP contribution in [0.1, 0.15) is 32.1 Å². The normalized spacial score (nSPS) is 24.8. The Morgan fingerprint density at radius 1 is 1.38 bits per heavy atom. The van der Waals surface area contributed by atoms with Gasteiger partial charge in [0, 0.05) is 6.42 Å². The van der Waals surface area contributed by atoms with E-state index in [1.807, 2.05) is 0 Å². The molecule has 0 fully saturated rings. The molecule has 0 bridgehead atoms. The van der Waals surface area contributed by atoms with Crippen molar-refractivity contribution >= 4 is 5.97 Å². The molecular formula is C10H14O3. The molecule has 2 atom stereocenters. The lowest BCUT2D eigenvalue weighted by atomic mass is 9.93. The molecule has 0 aromatic heterocycles. The van der Waals surface area contributed by atoms with E-state index in [-0.39, 0.29) is 5.92 Å². The lowest BCUT2D eigenvalue weighted by molar-refractivity contribution is -0.148. The van der Waals surface area contributed by atoms with E-state index in [1.165, 1.54) is 0 Å². The largest absolute Gasteiger partial charge is 0.479 e. The zero-order valence-corrected chi connectivity index (χ0v) is 7.49. The van der Waals surface area contributed by atoms with Gasteiger partial charge < -0.3 is 10.2 Å². The van der Waals surface area contributed by atoms with Gasteiger partial charge in [-0.1, -0.05) is 18.8 Å². The molecule has 3 nitrogen and oxygen atoms in total. The van der Waals surface area contributed by atoms with Crippen molar-refractivity contribution < 1.29 is 15.0 Å². The Morgan fingerprint density at radius 2 is 2.15 bits per heavy atom. The van der Waals surface area contributed by atoms with E-state index in [1.54, 1.807) is 0 Å². The molecule has 2 N–H and O–H groups in total. The summed E-state index contributed by atoms with van der Waals surface area (Å²) >= 11 is 0. The molecule has 0 saturated carbocycles. The molecule has 0 heterocycles. The number of carboxylic acid groups (broad SMARTS) is 1. The van der Waals surface area contributed by atoms with Crippen molar-refractivity contribution in [3.05, 3.63) is 0 Å². The van der Waals surface area contributed by atoms with Crippen LogP contribution in [0, 0.1) is 17.8 Å². The molecular weight excluding hydrogens is 168 g/mol. The summed E-state index contributed by atoms with van der Waals surface area (Å²) in [6.45, 7) is 0. The number of carbonyl (C=O) groups is 1. The minimum atomic E-state index is -1.31. The van der Waals surface area contributed by atoms with Crippen molar-refractivity contribution in [2.24, 2.45) is 5.92 Å². The van der Waals surface area contributed by atoms with Crippen molar-refractivity contribution in [2.75, 3.05) is 0 Å². The van der Waals surface area contributed by atoms with E-state index < -0.39 is 12.1 Å². The Balaban J connectivity index is 2.59. The molecule has 0 saturated heterocycles. The second-order valence-corrected chi connectivity index (χ2v) is 3.31. The van der Waals surface area contributed by atoms with Gasteiger partial charge in [-0.25, -0.2) is 4.79 Å². The highest BCUT2D eigenvalue weighted by Crippen LogP contribution is 2.16. The molecule has 0 spiro atoms. The van der Waals surface area contributed by atoms with Crippen LogP contribution in [-0.2, 0) is 4.79 Å². The third-order valence-corrected chi connectivity index (χ3v) is 2.24. The van der Waals surface area contributed by atoms with Crippen molar-refractivity contribution in [3.8, 4) is 11.8 Å². The van der Waals surface area contributed by atoms with Crippen molar-refractivity contribution in [1.82, 2.24) is 0 Å². The van der Waals surface area contributed by atoms with Gasteiger partial charge in [0.15, 0.2) is 6.10 Å². The molecule has 0 aromatic rings. The van der Waals surface area contributed by atoms with Crippen LogP contribution in [0.4, 0.5) is 0 Å². The zero-order valence-electron chi connectivity index (χ0n) is 7.49. The molecule has 3 heteroatoms. The monoisotopic (exact) mass is 182 g/mol. The first-order valence-electron chi connectivity index (χ1n) is 4.61. The van der Waals surface area contributed by atoms with Crippen LogP contribution in [0.3, 0.4) is 0 Å². The van der Waals surface area contributed by atoms with Crippen LogP contribution in [0.2, 0.25) is 0 Å². The van der Waals surface area contributed by atoms with Crippen LogP contribution in [0.5, 0.6) is 0 Å². The maximum Gasteiger partial charge on any atom is 0.333 e. The fraction of sp³-hybridized carbons (Fsp3) is 0.700. The molecule has 0 radical (unpaired) electrons. The predicted molar refractivity (Wildman–Crippen MR) is 48.0 cm³/mol. The van der Waals surface area contributed by atoms with Gasteiger partial charge in [0.1, 0.15) is 0 Å². The third-order valence-electron chi connectivity index (χ3n) is 2.24. The van der Waals surface area contributed by atoms with Gasteiger partial charge in [0.25, 0.3) is 0 Å². The van der Waals surface area contributed by atoms with Crippen LogP contribution >= 0.6 is 0 Å². The Labute approximate surface area is 77.8 Å². The Hall–Kier alpha value is -1.01. The minimum Gasteiger partial charge on any atom is -0.479 e. The third kappa shape index (κ3) is 3.08. The van der Waals surface area contributed by atoms with Gasteiger partial charge in [-0.3, -0.25) is 0 Å². The highest BCUT2D eigenvalue weighted by molar-refractivity contribution is 5.72. The first-order valence-corrected chi connectivity index (χ1v) is 4.61. The fourth-order valence-electron chi connectivity index (χ4n) is 1.44. The van der Waals surface area contributed by atoms with Crippen LogP contribution in [0.15, 0.2) is 0 Å². The van der Waals surface area contributed by atoms with Gasteiger partial charge in [0.2, 0.25) is 0 Å². The van der Waals surface area contributed by atoms with E-state index in [9.17, 15) is 9.90 Å². The standard InChI is InChI=1S/C10H14O3/c11-9(10(12)13)8-6-4-2-1-3-5-7-8/h8-9,11H,1-4,6H2,(H,12,13)/t8-,9+/m0/s1. The number of aliphatic hydroxyl groups is 1. The smallest absolute Gasteiger partial charge is 0.333 e. The number of aliphatic carboxylic acids is 1. The highest BCUT2D eigenvalue weighted by atomic mass is 16.4. The Bertz CT molecular complexity index is 236. The van der Waals surface area contributed by atoms with Crippen LogP contribution < -0.4 is 0 Å². The summed E-state index contributed by atoms with van der Waals surface area (Å²) in [4.78, 5) is 10.5. The summed E-state index contributed by atoms with van der Waals surface area (Å²) in [6, 6.07) is 0. The van der Waals surface area contributed by atoms with Crippen LogP contribution in [-0.4, -0.2) is 22.3 Å². The first kappa shape index (κ1) is 10.1. The molecule has 0 aromatic carbocycles. The number of carboxylic acids is 1. The quantitative estimate of drug-likeness (QED) is 0.627. The van der Waals surface area contributed by atoms with Crippen LogP contribution in [0.25, 0.3) is 0 Å². The summed E-state index contributed by atoms with van der Waals surface area (Å²) < 4.78 is 0. The second-order valence-electron chi connectivity index (χ2n) is 3.31. The summed E-state index contributed by atoms with van der Waals surface area (Å²) in [7, 11) is 0. The maximum atomic E-state index is 10.5. The number of hydrogen-bond acceptors (Lipinski definition) is 2. The van der Waals surface area contributed by atoms with E-state index in [4.69, 9.17) is 5.11 Å². The Kier molecular flexibility index (Phi) is 3.78. The van der Waals surface area contributed by atoms with Gasteiger partial charge in [-0.2, -0.15) is 0 Å². The van der Waals surface area contributed by atoms with E-state index in [0.717, 1.165) is 25.7 Å². The van der Waals surface area contributed by atoms with Crippen molar-refractivity contribution in [1.29, 1.82) is 0 Å². The highest BCUT2D eigenvalue weighted by Gasteiger charge is 2.23. The van der Waals surface area contributed by atoms with E-state index >= 15 is 0 Å². The second kappa shape index (κ2) is 4.88. The van der Waals surface area contributed by atoms with Gasteiger partial charge in [0.05, 0.1) is 5.92 Å². The minimum absolute atomic E-state index is 0.377. The summed E-state index contributed by atoms with van der Waals surface area (Å²) in [5, 5.41) is 17.8. The average Bonchev–Trinajstić information content (AvgIpc) is 2.02. The van der Waals surface area contributed by atoms with Gasteiger partial charge >= 0.3 is 5.97 Å². The number of hydrogen-bond donors (Lipinski definition) is 2. The van der Waals surface area contributed by atoms with Crippen molar-refractivity contribution in [2.45, 2.75) is 38.2 Å². The maximum absolute atomic E-state index is 10.5. The molecule has 1 aliphatic rings. The lowest BCUT2D eigenvalue weighted by Crippen LogP contribution is -2.28. The first-order chi connectivity index (χ1) is 6.22. The number of aliphatic hydroxyl groups excluding tert-OH is 1. The SMILES string of the molecule is O=C(O)[C@H](O)[C@@H]1C#CCCCCC1. The summed E-state index contributed by atoms with van der Waals surface area (Å²) in [5.74, 6) is 4.18. The zero-order chi connectivity index (χ0) is 9.68. The fourth-order valence-corrected chi connectivity index (χ4v) is 1.44. The molecule has 0 aliphatic heterocycles.